The molecule has 2 atom stereocenters. The second kappa shape index (κ2) is 4.87. The lowest BCUT2D eigenvalue weighted by Gasteiger charge is -2.47. The van der Waals surface area contributed by atoms with Gasteiger partial charge in [-0.1, -0.05) is 0 Å². The average molecular weight is 239 g/mol. The Morgan fingerprint density at radius 2 is 1.59 bits per heavy atom. The first-order valence-corrected chi connectivity index (χ1v) is 7.03. The van der Waals surface area contributed by atoms with Gasteiger partial charge >= 0.3 is 0 Å². The molecule has 0 aliphatic carbocycles. The third-order valence-corrected chi connectivity index (χ3v) is 4.39. The van der Waals surface area contributed by atoms with Gasteiger partial charge in [0, 0.05) is 43.8 Å². The third kappa shape index (κ3) is 3.01. The van der Waals surface area contributed by atoms with Crippen molar-refractivity contribution < 1.29 is 0 Å². The molecule has 17 heavy (non-hydrogen) atoms. The molecule has 0 aromatic carbocycles. The van der Waals surface area contributed by atoms with Gasteiger partial charge in [-0.3, -0.25) is 9.80 Å². The molecule has 2 bridgehead atoms. The standard InChI is InChI=1S/C14H29N3/c1-14(2,3)16-10-12-6-7-13(11-16)17(12)9-8-15(4)5/h12-13H,6-11H2,1-5H3. The number of likely N-dealkylation sites (N-methyl/N-ethyl adjacent to an activating group) is 1. The summed E-state index contributed by atoms with van der Waals surface area (Å²) in [5.41, 5.74) is 0.342. The van der Waals surface area contributed by atoms with Crippen molar-refractivity contribution in [1.29, 1.82) is 0 Å². The summed E-state index contributed by atoms with van der Waals surface area (Å²) in [6.45, 7) is 12.0. The molecule has 2 aliphatic rings. The fraction of sp³-hybridized carbons (Fsp3) is 1.00. The van der Waals surface area contributed by atoms with E-state index in [0.29, 0.717) is 5.54 Å². The lowest BCUT2D eigenvalue weighted by Crippen LogP contribution is -2.59. The van der Waals surface area contributed by atoms with Crippen LogP contribution in [-0.4, -0.2) is 72.6 Å². The number of hydrogen-bond acceptors (Lipinski definition) is 3. The zero-order chi connectivity index (χ0) is 12.6. The van der Waals surface area contributed by atoms with Gasteiger partial charge in [-0.05, 0) is 47.7 Å². The predicted octanol–water partition coefficient (Wildman–Crippen LogP) is 1.50. The van der Waals surface area contributed by atoms with E-state index in [1.54, 1.807) is 0 Å². The lowest BCUT2D eigenvalue weighted by atomic mass is 10.0. The molecule has 100 valence electrons. The van der Waals surface area contributed by atoms with E-state index in [2.05, 4.69) is 49.6 Å². The molecule has 2 unspecified atom stereocenters. The molecule has 0 saturated carbocycles. The van der Waals surface area contributed by atoms with Crippen molar-refractivity contribution >= 4 is 0 Å². The Bertz CT molecular complexity index is 243. The van der Waals surface area contributed by atoms with E-state index in [0.717, 1.165) is 12.1 Å². The van der Waals surface area contributed by atoms with Crippen molar-refractivity contribution in [2.45, 2.75) is 51.2 Å². The molecule has 0 N–H and O–H groups in total. The van der Waals surface area contributed by atoms with Crippen molar-refractivity contribution in [2.24, 2.45) is 0 Å². The number of rotatable bonds is 3. The Morgan fingerprint density at radius 3 is 2.00 bits per heavy atom. The molecule has 0 amide bonds. The Kier molecular flexibility index (Phi) is 3.81. The van der Waals surface area contributed by atoms with E-state index >= 15 is 0 Å². The summed E-state index contributed by atoms with van der Waals surface area (Å²) in [6, 6.07) is 1.63. The van der Waals surface area contributed by atoms with Crippen molar-refractivity contribution in [2.75, 3.05) is 40.3 Å². The Balaban J connectivity index is 1.94. The zero-order valence-electron chi connectivity index (χ0n) is 12.2. The lowest BCUT2D eigenvalue weighted by molar-refractivity contribution is 0.0134. The van der Waals surface area contributed by atoms with Crippen LogP contribution in [0.4, 0.5) is 0 Å². The third-order valence-electron chi connectivity index (χ3n) is 4.39. The SMILES string of the molecule is CN(C)CCN1C2CCC1CN(C(C)(C)C)C2. The number of likely N-dealkylation sites (tertiary alicyclic amines) is 1. The minimum Gasteiger partial charge on any atom is -0.308 e. The summed E-state index contributed by atoms with van der Waals surface area (Å²) in [7, 11) is 4.35. The molecule has 2 heterocycles. The van der Waals surface area contributed by atoms with Gasteiger partial charge in [0.15, 0.2) is 0 Å². The molecule has 3 nitrogen and oxygen atoms in total. The van der Waals surface area contributed by atoms with E-state index in [1.165, 1.54) is 39.0 Å². The van der Waals surface area contributed by atoms with E-state index < -0.39 is 0 Å². The fourth-order valence-electron chi connectivity index (χ4n) is 3.22. The smallest absolute Gasteiger partial charge is 0.0228 e. The molecule has 0 radical (unpaired) electrons. The van der Waals surface area contributed by atoms with Crippen molar-refractivity contribution in [3.8, 4) is 0 Å². The number of piperazine rings is 1. The zero-order valence-corrected chi connectivity index (χ0v) is 12.2. The number of fused-ring (bicyclic) bond motifs is 2. The largest absolute Gasteiger partial charge is 0.308 e. The Hall–Kier alpha value is -0.120. The van der Waals surface area contributed by atoms with Gasteiger partial charge in [-0.15, -0.1) is 0 Å². The van der Waals surface area contributed by atoms with Crippen molar-refractivity contribution in [3.05, 3.63) is 0 Å². The number of hydrogen-bond donors (Lipinski definition) is 0. The minimum atomic E-state index is 0.342. The normalized spacial score (nSPS) is 31.4. The molecule has 2 saturated heterocycles. The summed E-state index contributed by atoms with van der Waals surface area (Å²) >= 11 is 0. The van der Waals surface area contributed by atoms with Crippen LogP contribution in [-0.2, 0) is 0 Å². The molecular formula is C14H29N3. The first-order valence-electron chi connectivity index (χ1n) is 7.03. The van der Waals surface area contributed by atoms with Crippen LogP contribution in [0.3, 0.4) is 0 Å². The maximum atomic E-state index is 2.77. The number of nitrogens with zero attached hydrogens (tertiary/aromatic N) is 3. The van der Waals surface area contributed by atoms with Gasteiger partial charge in [0.25, 0.3) is 0 Å². The summed E-state index contributed by atoms with van der Waals surface area (Å²) in [6.07, 6.45) is 2.81. The van der Waals surface area contributed by atoms with Crippen LogP contribution in [0.25, 0.3) is 0 Å². The summed E-state index contributed by atoms with van der Waals surface area (Å²) in [5.74, 6) is 0. The van der Waals surface area contributed by atoms with Crippen LogP contribution >= 0.6 is 0 Å². The first-order chi connectivity index (χ1) is 7.88. The molecule has 0 aromatic rings. The second-order valence-electron chi connectivity index (χ2n) is 7.00. The molecule has 3 heteroatoms. The summed E-state index contributed by atoms with van der Waals surface area (Å²) < 4.78 is 0. The van der Waals surface area contributed by atoms with Crippen LogP contribution in [0.2, 0.25) is 0 Å². The fourth-order valence-corrected chi connectivity index (χ4v) is 3.22. The van der Waals surface area contributed by atoms with Crippen LogP contribution < -0.4 is 0 Å². The van der Waals surface area contributed by atoms with E-state index in [4.69, 9.17) is 0 Å². The van der Waals surface area contributed by atoms with Gasteiger partial charge in [0.05, 0.1) is 0 Å². The van der Waals surface area contributed by atoms with Crippen LogP contribution in [0, 0.1) is 0 Å². The predicted molar refractivity (Wildman–Crippen MR) is 73.4 cm³/mol. The second-order valence-corrected chi connectivity index (χ2v) is 7.00. The molecule has 2 rings (SSSR count). The van der Waals surface area contributed by atoms with Crippen molar-refractivity contribution in [1.82, 2.24) is 14.7 Å². The average Bonchev–Trinajstić information content (AvgIpc) is 2.45. The maximum absolute atomic E-state index is 2.77. The highest BCUT2D eigenvalue weighted by Crippen LogP contribution is 2.32. The molecule has 2 aliphatic heterocycles. The van der Waals surface area contributed by atoms with Crippen LogP contribution in [0.5, 0.6) is 0 Å². The highest BCUT2D eigenvalue weighted by molar-refractivity contribution is 4.98. The van der Waals surface area contributed by atoms with Gasteiger partial charge in [0.2, 0.25) is 0 Å². The molecule has 0 aromatic heterocycles. The monoisotopic (exact) mass is 239 g/mol. The van der Waals surface area contributed by atoms with E-state index in [9.17, 15) is 0 Å². The van der Waals surface area contributed by atoms with E-state index in [-0.39, 0.29) is 0 Å². The first kappa shape index (κ1) is 13.3. The quantitative estimate of drug-likeness (QED) is 0.739. The Labute approximate surface area is 107 Å². The topological polar surface area (TPSA) is 9.72 Å². The van der Waals surface area contributed by atoms with Crippen molar-refractivity contribution in [3.63, 3.8) is 0 Å². The molecule has 0 spiro atoms. The highest BCUT2D eigenvalue weighted by atomic mass is 15.3. The van der Waals surface area contributed by atoms with Gasteiger partial charge < -0.3 is 4.90 Å². The Morgan fingerprint density at radius 1 is 1.06 bits per heavy atom. The van der Waals surface area contributed by atoms with Gasteiger partial charge in [-0.2, -0.15) is 0 Å². The highest BCUT2D eigenvalue weighted by Gasteiger charge is 2.42. The van der Waals surface area contributed by atoms with E-state index in [1.807, 2.05) is 0 Å². The van der Waals surface area contributed by atoms with Crippen LogP contribution in [0.1, 0.15) is 33.6 Å². The molecular weight excluding hydrogens is 210 g/mol. The minimum absolute atomic E-state index is 0.342. The van der Waals surface area contributed by atoms with Gasteiger partial charge in [0.1, 0.15) is 0 Å². The van der Waals surface area contributed by atoms with Gasteiger partial charge in [-0.25, -0.2) is 0 Å². The van der Waals surface area contributed by atoms with Crippen LogP contribution in [0.15, 0.2) is 0 Å². The molecule has 2 fully saturated rings. The summed E-state index contributed by atoms with van der Waals surface area (Å²) in [5, 5.41) is 0. The maximum Gasteiger partial charge on any atom is 0.0228 e. The summed E-state index contributed by atoms with van der Waals surface area (Å²) in [4.78, 5) is 7.75.